The Hall–Kier alpha value is -2.25. The van der Waals surface area contributed by atoms with Gasteiger partial charge in [-0.2, -0.15) is 0 Å². The minimum absolute atomic E-state index is 0.152. The van der Waals surface area contributed by atoms with E-state index in [0.29, 0.717) is 11.8 Å². The predicted molar refractivity (Wildman–Crippen MR) is 134 cm³/mol. The molecule has 8 nitrogen and oxygen atoms in total. The summed E-state index contributed by atoms with van der Waals surface area (Å²) in [6.07, 6.45) is 10.9. The highest BCUT2D eigenvalue weighted by Crippen LogP contribution is 2.22. The first-order valence-electron chi connectivity index (χ1n) is 12.8. The monoisotopic (exact) mass is 478 g/mol. The average Bonchev–Trinajstić information content (AvgIpc) is 3.25. The zero-order valence-electron chi connectivity index (χ0n) is 22.4. The van der Waals surface area contributed by atoms with Gasteiger partial charge in [0, 0.05) is 45.1 Å². The van der Waals surface area contributed by atoms with Crippen molar-refractivity contribution in [3.8, 4) is 0 Å². The highest BCUT2D eigenvalue weighted by Gasteiger charge is 2.28. The molecular weight excluding hydrogens is 432 g/mol. The quantitative estimate of drug-likeness (QED) is 0.567. The number of rotatable bonds is 3. The van der Waals surface area contributed by atoms with Gasteiger partial charge in [0.05, 0.1) is 6.33 Å². The highest BCUT2D eigenvalue weighted by molar-refractivity contribution is 5.68. The lowest BCUT2D eigenvalue weighted by Crippen LogP contribution is -2.43. The maximum Gasteiger partial charge on any atom is 0.410 e. The molecule has 1 aromatic rings. The van der Waals surface area contributed by atoms with Crippen LogP contribution >= 0.6 is 0 Å². The summed E-state index contributed by atoms with van der Waals surface area (Å²) in [5, 5.41) is 0. The number of amides is 2. The molecule has 34 heavy (non-hydrogen) atoms. The third-order valence-corrected chi connectivity index (χ3v) is 5.95. The molecule has 0 spiro atoms. The van der Waals surface area contributed by atoms with E-state index in [4.69, 9.17) is 9.47 Å². The number of carbonyl (C=O) groups excluding carboxylic acids is 2. The Kier molecular flexibility index (Phi) is 10.3. The Bertz CT molecular complexity index is 752. The van der Waals surface area contributed by atoms with Crippen molar-refractivity contribution in [2.45, 2.75) is 98.3 Å². The van der Waals surface area contributed by atoms with Crippen LogP contribution in [0.25, 0.3) is 0 Å². The molecule has 0 unspecified atom stereocenters. The Morgan fingerprint density at radius 3 is 1.82 bits per heavy atom. The van der Waals surface area contributed by atoms with Crippen molar-refractivity contribution in [3.05, 3.63) is 18.7 Å². The summed E-state index contributed by atoms with van der Waals surface area (Å²) < 4.78 is 12.9. The molecule has 3 rings (SSSR count). The second kappa shape index (κ2) is 12.5. The van der Waals surface area contributed by atoms with Crippen molar-refractivity contribution in [2.24, 2.45) is 11.8 Å². The standard InChI is InChI=1S/C14H23N3O2.C12H23NO2/c1-14(2,3)19-13(18)17-7-4-5-12(10-17)9-16-8-6-15-11-16;1-5-10-7-6-8-13(9-10)11(14)15-12(2,3)4/h6,8,11-12H,4-5,7,9-10H2,1-3H3;10H,5-9H2,1-4H3/t12-;10-/m10/s1. The highest BCUT2D eigenvalue weighted by atomic mass is 16.6. The first kappa shape index (κ1) is 28.0. The lowest BCUT2D eigenvalue weighted by atomic mass is 9.96. The minimum atomic E-state index is -0.422. The first-order chi connectivity index (χ1) is 15.9. The third kappa shape index (κ3) is 10.3. The van der Waals surface area contributed by atoms with Crippen LogP contribution in [0.5, 0.6) is 0 Å². The zero-order valence-corrected chi connectivity index (χ0v) is 22.4. The number of imidazole rings is 1. The number of carbonyl (C=O) groups is 2. The largest absolute Gasteiger partial charge is 0.444 e. The molecule has 2 aliphatic heterocycles. The fraction of sp³-hybridized carbons (Fsp3) is 0.808. The molecule has 0 aromatic carbocycles. The molecule has 2 atom stereocenters. The van der Waals surface area contributed by atoms with Crippen molar-refractivity contribution in [2.75, 3.05) is 26.2 Å². The van der Waals surface area contributed by atoms with E-state index in [1.807, 2.05) is 63.9 Å². The average molecular weight is 479 g/mol. The minimum Gasteiger partial charge on any atom is -0.444 e. The molecule has 0 radical (unpaired) electrons. The van der Waals surface area contributed by atoms with E-state index in [2.05, 4.69) is 16.5 Å². The van der Waals surface area contributed by atoms with Gasteiger partial charge in [-0.1, -0.05) is 13.3 Å². The van der Waals surface area contributed by atoms with Gasteiger partial charge in [0.2, 0.25) is 0 Å². The van der Waals surface area contributed by atoms with Crippen LogP contribution in [0.2, 0.25) is 0 Å². The van der Waals surface area contributed by atoms with Crippen molar-refractivity contribution in [3.63, 3.8) is 0 Å². The van der Waals surface area contributed by atoms with E-state index in [9.17, 15) is 9.59 Å². The van der Waals surface area contributed by atoms with Crippen molar-refractivity contribution in [1.82, 2.24) is 19.4 Å². The Balaban J connectivity index is 0.000000248. The molecular formula is C26H46N4O4. The van der Waals surface area contributed by atoms with Gasteiger partial charge in [-0.25, -0.2) is 14.6 Å². The SMILES string of the molecule is CC(C)(C)OC(=O)N1CCC[C@H](Cn2ccnc2)C1.CC[C@H]1CCCN(C(=O)OC(C)(C)C)C1. The van der Waals surface area contributed by atoms with Gasteiger partial charge >= 0.3 is 12.2 Å². The van der Waals surface area contributed by atoms with E-state index in [-0.39, 0.29) is 17.8 Å². The smallest absolute Gasteiger partial charge is 0.410 e. The molecule has 1 aromatic heterocycles. The maximum absolute atomic E-state index is 12.0. The third-order valence-electron chi connectivity index (χ3n) is 5.95. The van der Waals surface area contributed by atoms with Gasteiger partial charge in [-0.05, 0) is 79.1 Å². The van der Waals surface area contributed by atoms with E-state index in [1.54, 1.807) is 6.20 Å². The molecule has 0 aliphatic carbocycles. The van der Waals surface area contributed by atoms with Crippen LogP contribution in [0, 0.1) is 11.8 Å². The maximum atomic E-state index is 12.0. The van der Waals surface area contributed by atoms with Gasteiger partial charge in [0.1, 0.15) is 11.2 Å². The number of ether oxygens (including phenoxy) is 2. The molecule has 0 N–H and O–H groups in total. The van der Waals surface area contributed by atoms with Gasteiger partial charge in [-0.3, -0.25) is 0 Å². The number of nitrogens with zero attached hydrogens (tertiary/aromatic N) is 4. The first-order valence-corrected chi connectivity index (χ1v) is 12.8. The number of aromatic nitrogens is 2. The molecule has 8 heteroatoms. The summed E-state index contributed by atoms with van der Waals surface area (Å²) in [4.78, 5) is 31.6. The van der Waals surface area contributed by atoms with Crippen molar-refractivity contribution in [1.29, 1.82) is 0 Å². The summed E-state index contributed by atoms with van der Waals surface area (Å²) in [7, 11) is 0. The number of piperidine rings is 2. The molecule has 0 bridgehead atoms. The second-order valence-electron chi connectivity index (χ2n) is 11.5. The summed E-state index contributed by atoms with van der Waals surface area (Å²) in [6.45, 7) is 17.8. The normalized spacial score (nSPS) is 21.4. The summed E-state index contributed by atoms with van der Waals surface area (Å²) in [6, 6.07) is 0. The molecule has 2 fully saturated rings. The number of hydrogen-bond donors (Lipinski definition) is 0. The Morgan fingerprint density at radius 1 is 0.882 bits per heavy atom. The molecule has 2 amide bonds. The Morgan fingerprint density at radius 2 is 1.38 bits per heavy atom. The van der Waals surface area contributed by atoms with Gasteiger partial charge in [0.25, 0.3) is 0 Å². The van der Waals surface area contributed by atoms with Crippen molar-refractivity contribution >= 4 is 12.2 Å². The number of likely N-dealkylation sites (tertiary alicyclic amines) is 2. The lowest BCUT2D eigenvalue weighted by molar-refractivity contribution is 0.0150. The molecule has 2 saturated heterocycles. The van der Waals surface area contributed by atoms with Crippen LogP contribution in [-0.4, -0.2) is 68.9 Å². The Labute approximate surface area is 206 Å². The van der Waals surface area contributed by atoms with E-state index in [1.165, 1.54) is 6.42 Å². The molecule has 2 aliphatic rings. The molecule has 3 heterocycles. The van der Waals surface area contributed by atoms with E-state index in [0.717, 1.165) is 58.4 Å². The topological polar surface area (TPSA) is 76.9 Å². The van der Waals surface area contributed by atoms with Gasteiger partial charge in [-0.15, -0.1) is 0 Å². The van der Waals surface area contributed by atoms with Gasteiger partial charge in [0.15, 0.2) is 0 Å². The van der Waals surface area contributed by atoms with Crippen LogP contribution in [0.3, 0.4) is 0 Å². The fourth-order valence-electron chi connectivity index (χ4n) is 4.29. The second-order valence-corrected chi connectivity index (χ2v) is 11.5. The summed E-state index contributed by atoms with van der Waals surface area (Å²) in [5.74, 6) is 1.14. The van der Waals surface area contributed by atoms with Crippen LogP contribution in [-0.2, 0) is 16.0 Å². The van der Waals surface area contributed by atoms with Crippen LogP contribution in [0.4, 0.5) is 9.59 Å². The fourth-order valence-corrected chi connectivity index (χ4v) is 4.29. The summed E-state index contributed by atoms with van der Waals surface area (Å²) in [5.41, 5.74) is -0.801. The van der Waals surface area contributed by atoms with Crippen LogP contribution in [0.15, 0.2) is 18.7 Å². The molecule has 194 valence electrons. The lowest BCUT2D eigenvalue weighted by Gasteiger charge is -2.34. The van der Waals surface area contributed by atoms with E-state index >= 15 is 0 Å². The summed E-state index contributed by atoms with van der Waals surface area (Å²) >= 11 is 0. The molecule has 0 saturated carbocycles. The van der Waals surface area contributed by atoms with Gasteiger partial charge < -0.3 is 23.8 Å². The van der Waals surface area contributed by atoms with Crippen molar-refractivity contribution < 1.29 is 19.1 Å². The number of hydrogen-bond acceptors (Lipinski definition) is 5. The van der Waals surface area contributed by atoms with E-state index < -0.39 is 5.60 Å². The van der Waals surface area contributed by atoms with Crippen LogP contribution in [0.1, 0.15) is 80.6 Å². The van der Waals surface area contributed by atoms with Crippen LogP contribution < -0.4 is 0 Å². The zero-order chi connectivity index (χ0) is 25.4. The predicted octanol–water partition coefficient (Wildman–Crippen LogP) is 5.57.